The number of halogens is 4. The van der Waals surface area contributed by atoms with Gasteiger partial charge in [-0.25, -0.2) is 0 Å². The van der Waals surface area contributed by atoms with Crippen molar-refractivity contribution < 1.29 is 28.0 Å². The molecule has 0 aliphatic heterocycles. The number of nitrogens with one attached hydrogen (secondary N) is 1. The van der Waals surface area contributed by atoms with Crippen LogP contribution in [-0.4, -0.2) is 27.7 Å². The zero-order valence-electron chi connectivity index (χ0n) is 13.6. The maximum absolute atomic E-state index is 12.7. The molecule has 2 aromatic carbocycles. The van der Waals surface area contributed by atoms with Crippen LogP contribution < -0.4 is 5.32 Å². The van der Waals surface area contributed by atoms with E-state index in [0.717, 1.165) is 11.8 Å². The van der Waals surface area contributed by atoms with Crippen molar-refractivity contribution in [3.63, 3.8) is 0 Å². The Labute approximate surface area is 160 Å². The molecule has 1 amide bonds. The Kier molecular flexibility index (Phi) is 6.03. The SMILES string of the molecule is C[C@@](O)(C(=O)Nc1ccc(Sc2ccccc2[N+](=O)[O-])cc1Cl)C(F)(F)F. The second kappa shape index (κ2) is 7.75. The van der Waals surface area contributed by atoms with Crippen LogP contribution >= 0.6 is 23.4 Å². The molecule has 0 aliphatic carbocycles. The van der Waals surface area contributed by atoms with Gasteiger partial charge < -0.3 is 10.4 Å². The molecular weight excluding hydrogens is 409 g/mol. The Morgan fingerprint density at radius 2 is 1.89 bits per heavy atom. The highest BCUT2D eigenvalue weighted by molar-refractivity contribution is 7.99. The van der Waals surface area contributed by atoms with E-state index >= 15 is 0 Å². The lowest BCUT2D eigenvalue weighted by atomic mass is 10.1. The summed E-state index contributed by atoms with van der Waals surface area (Å²) in [6, 6.07) is 9.99. The van der Waals surface area contributed by atoms with Crippen LogP contribution in [-0.2, 0) is 4.79 Å². The molecule has 2 aromatic rings. The summed E-state index contributed by atoms with van der Waals surface area (Å²) in [6.45, 7) is 0.328. The van der Waals surface area contributed by atoms with Crippen molar-refractivity contribution in [2.75, 3.05) is 5.32 Å². The number of amides is 1. The van der Waals surface area contributed by atoms with Gasteiger partial charge in [0.2, 0.25) is 5.60 Å². The first-order valence-corrected chi connectivity index (χ1v) is 8.44. The lowest BCUT2D eigenvalue weighted by Crippen LogP contribution is -2.52. The summed E-state index contributed by atoms with van der Waals surface area (Å²) in [6.07, 6.45) is -5.16. The fourth-order valence-corrected chi connectivity index (χ4v) is 3.11. The van der Waals surface area contributed by atoms with Gasteiger partial charge in [-0.05, 0) is 31.2 Å². The van der Waals surface area contributed by atoms with E-state index in [1.54, 1.807) is 6.07 Å². The average molecular weight is 421 g/mol. The molecule has 0 aliphatic rings. The van der Waals surface area contributed by atoms with E-state index < -0.39 is 22.6 Å². The molecule has 0 spiro atoms. The molecule has 11 heteroatoms. The van der Waals surface area contributed by atoms with Crippen molar-refractivity contribution >= 4 is 40.6 Å². The van der Waals surface area contributed by atoms with Gasteiger partial charge in [-0.1, -0.05) is 35.5 Å². The Hall–Kier alpha value is -2.30. The predicted octanol–water partition coefficient (Wildman–Crippen LogP) is 4.65. The van der Waals surface area contributed by atoms with E-state index in [2.05, 4.69) is 0 Å². The number of hydrogen-bond donors (Lipinski definition) is 2. The molecule has 0 unspecified atom stereocenters. The monoisotopic (exact) mass is 420 g/mol. The number of nitro benzene ring substituents is 1. The quantitative estimate of drug-likeness (QED) is 0.542. The summed E-state index contributed by atoms with van der Waals surface area (Å²) in [7, 11) is 0. The standard InChI is InChI=1S/C16H12ClF3N2O4S/c1-15(24,16(18,19)20)14(23)21-11-7-6-9(8-10(11)17)27-13-5-3-2-4-12(13)22(25)26/h2-8,24H,1H3,(H,21,23)/t15-/m1/s1. The van der Waals surface area contributed by atoms with Gasteiger partial charge in [-0.3, -0.25) is 14.9 Å². The third-order valence-electron chi connectivity index (χ3n) is 3.47. The zero-order valence-corrected chi connectivity index (χ0v) is 15.2. The van der Waals surface area contributed by atoms with Gasteiger partial charge >= 0.3 is 6.18 Å². The molecule has 27 heavy (non-hydrogen) atoms. The smallest absolute Gasteiger partial charge is 0.373 e. The third kappa shape index (κ3) is 4.71. The number of nitro groups is 1. The number of rotatable bonds is 5. The number of benzene rings is 2. The van der Waals surface area contributed by atoms with Gasteiger partial charge in [0.1, 0.15) is 0 Å². The number of hydrogen-bond acceptors (Lipinski definition) is 5. The minimum atomic E-state index is -5.16. The van der Waals surface area contributed by atoms with Crippen molar-refractivity contribution in [2.24, 2.45) is 0 Å². The molecule has 1 atom stereocenters. The summed E-state index contributed by atoms with van der Waals surface area (Å²) in [5, 5.41) is 22.2. The molecular formula is C16H12ClF3N2O4S. The lowest BCUT2D eigenvalue weighted by molar-refractivity contribution is -0.387. The Bertz CT molecular complexity index is 890. The summed E-state index contributed by atoms with van der Waals surface area (Å²) in [5.74, 6) is -1.68. The van der Waals surface area contributed by atoms with Gasteiger partial charge in [-0.2, -0.15) is 13.2 Å². The van der Waals surface area contributed by atoms with Gasteiger partial charge in [0.25, 0.3) is 11.6 Å². The molecule has 0 saturated carbocycles. The second-order valence-corrected chi connectivity index (χ2v) is 7.02. The van der Waals surface area contributed by atoms with Crippen LogP contribution in [0.3, 0.4) is 0 Å². The molecule has 2 rings (SSSR count). The van der Waals surface area contributed by atoms with Gasteiger partial charge in [-0.15, -0.1) is 0 Å². The first kappa shape index (κ1) is 21.0. The summed E-state index contributed by atoms with van der Waals surface area (Å²) < 4.78 is 38.1. The fourth-order valence-electron chi connectivity index (χ4n) is 1.85. The second-order valence-electron chi connectivity index (χ2n) is 5.49. The molecule has 0 saturated heterocycles. The van der Waals surface area contributed by atoms with Crippen LogP contribution in [0.1, 0.15) is 6.92 Å². The molecule has 0 radical (unpaired) electrons. The van der Waals surface area contributed by atoms with Crippen molar-refractivity contribution in [1.29, 1.82) is 0 Å². The van der Waals surface area contributed by atoms with E-state index in [0.29, 0.717) is 16.7 Å². The van der Waals surface area contributed by atoms with Crippen molar-refractivity contribution in [3.05, 3.63) is 57.6 Å². The van der Waals surface area contributed by atoms with Crippen molar-refractivity contribution in [3.8, 4) is 0 Å². The highest BCUT2D eigenvalue weighted by atomic mass is 35.5. The Balaban J connectivity index is 2.22. The van der Waals surface area contributed by atoms with E-state index in [1.165, 1.54) is 36.4 Å². The maximum Gasteiger partial charge on any atom is 0.426 e. The summed E-state index contributed by atoms with van der Waals surface area (Å²) in [5.41, 5.74) is -3.84. The van der Waals surface area contributed by atoms with E-state index in [4.69, 9.17) is 11.6 Å². The van der Waals surface area contributed by atoms with Gasteiger partial charge in [0.15, 0.2) is 0 Å². The fraction of sp³-hybridized carbons (Fsp3) is 0.188. The Morgan fingerprint density at radius 3 is 2.44 bits per heavy atom. The molecule has 0 bridgehead atoms. The molecule has 0 heterocycles. The van der Waals surface area contributed by atoms with Crippen molar-refractivity contribution in [1.82, 2.24) is 0 Å². The summed E-state index contributed by atoms with van der Waals surface area (Å²) >= 11 is 7.01. The number of anilines is 1. The van der Waals surface area contributed by atoms with Crippen LogP contribution in [0.25, 0.3) is 0 Å². The van der Waals surface area contributed by atoms with Crippen LogP contribution in [0.5, 0.6) is 0 Å². The highest BCUT2D eigenvalue weighted by Crippen LogP contribution is 2.38. The molecule has 144 valence electrons. The first-order chi connectivity index (χ1) is 12.4. The number of aliphatic hydroxyl groups is 1. The number of alkyl halides is 3. The van der Waals surface area contributed by atoms with Crippen LogP contribution in [0, 0.1) is 10.1 Å². The van der Waals surface area contributed by atoms with Gasteiger partial charge in [0.05, 0.1) is 20.5 Å². The third-order valence-corrected chi connectivity index (χ3v) is 4.84. The van der Waals surface area contributed by atoms with E-state index in [-0.39, 0.29) is 16.4 Å². The van der Waals surface area contributed by atoms with Crippen LogP contribution in [0.15, 0.2) is 52.3 Å². The zero-order chi connectivity index (χ0) is 20.4. The van der Waals surface area contributed by atoms with Gasteiger partial charge in [0, 0.05) is 11.0 Å². The van der Waals surface area contributed by atoms with E-state index in [9.17, 15) is 33.2 Å². The summed E-state index contributed by atoms with van der Waals surface area (Å²) in [4.78, 5) is 23.0. The maximum atomic E-state index is 12.7. The van der Waals surface area contributed by atoms with Crippen molar-refractivity contribution in [2.45, 2.75) is 28.5 Å². The molecule has 0 fully saturated rings. The minimum absolute atomic E-state index is 0.0927. The number of nitrogens with zero attached hydrogens (tertiary/aromatic N) is 1. The molecule has 0 aromatic heterocycles. The molecule has 2 N–H and O–H groups in total. The molecule has 6 nitrogen and oxygen atoms in total. The first-order valence-electron chi connectivity index (χ1n) is 7.25. The predicted molar refractivity (Wildman–Crippen MR) is 94.0 cm³/mol. The minimum Gasteiger partial charge on any atom is -0.373 e. The number of carbonyl (C=O) groups is 1. The van der Waals surface area contributed by atoms with Crippen LogP contribution in [0.4, 0.5) is 24.5 Å². The largest absolute Gasteiger partial charge is 0.426 e. The highest BCUT2D eigenvalue weighted by Gasteiger charge is 2.55. The number of para-hydroxylation sites is 1. The average Bonchev–Trinajstić information content (AvgIpc) is 2.56. The van der Waals surface area contributed by atoms with Crippen LogP contribution in [0.2, 0.25) is 5.02 Å². The normalized spacial score (nSPS) is 13.7. The topological polar surface area (TPSA) is 92.5 Å². The lowest BCUT2D eigenvalue weighted by Gasteiger charge is -2.25. The number of carbonyl (C=O) groups excluding carboxylic acids is 1. The Morgan fingerprint density at radius 1 is 1.26 bits per heavy atom. The van der Waals surface area contributed by atoms with E-state index in [1.807, 2.05) is 5.32 Å².